The Morgan fingerprint density at radius 1 is 1.30 bits per heavy atom. The molecule has 1 atom stereocenters. The summed E-state index contributed by atoms with van der Waals surface area (Å²) in [6, 6.07) is 9.74. The van der Waals surface area contributed by atoms with Crippen LogP contribution in [-0.4, -0.2) is 46.6 Å². The SMILES string of the molecule is O=C(O)C1CCN(C(=O)NCCc2cccc3cccnc23)C1. The molecule has 2 aromatic rings. The van der Waals surface area contributed by atoms with Crippen molar-refractivity contribution in [2.45, 2.75) is 12.8 Å². The summed E-state index contributed by atoms with van der Waals surface area (Å²) in [6.45, 7) is 1.29. The summed E-state index contributed by atoms with van der Waals surface area (Å²) in [5, 5.41) is 12.9. The van der Waals surface area contributed by atoms with E-state index in [9.17, 15) is 9.59 Å². The molecule has 2 N–H and O–H groups in total. The number of carboxylic acid groups (broad SMARTS) is 1. The number of nitrogens with zero attached hydrogens (tertiary/aromatic N) is 2. The van der Waals surface area contributed by atoms with Crippen molar-refractivity contribution in [3.8, 4) is 0 Å². The first-order valence-electron chi connectivity index (χ1n) is 7.73. The maximum Gasteiger partial charge on any atom is 0.317 e. The lowest BCUT2D eigenvalue weighted by molar-refractivity contribution is -0.141. The molecule has 23 heavy (non-hydrogen) atoms. The van der Waals surface area contributed by atoms with Crippen LogP contribution in [0.5, 0.6) is 0 Å². The van der Waals surface area contributed by atoms with Crippen molar-refractivity contribution in [1.29, 1.82) is 0 Å². The van der Waals surface area contributed by atoms with E-state index in [-0.39, 0.29) is 12.6 Å². The number of benzene rings is 1. The fourth-order valence-electron chi connectivity index (χ4n) is 2.93. The van der Waals surface area contributed by atoms with Gasteiger partial charge in [-0.25, -0.2) is 4.79 Å². The topological polar surface area (TPSA) is 82.5 Å². The monoisotopic (exact) mass is 313 g/mol. The second-order valence-electron chi connectivity index (χ2n) is 5.74. The number of carboxylic acids is 1. The van der Waals surface area contributed by atoms with Crippen molar-refractivity contribution >= 4 is 22.9 Å². The Labute approximate surface area is 134 Å². The van der Waals surface area contributed by atoms with E-state index in [1.807, 2.05) is 30.3 Å². The summed E-state index contributed by atoms with van der Waals surface area (Å²) in [5.74, 6) is -1.27. The molecule has 6 heteroatoms. The van der Waals surface area contributed by atoms with Crippen LogP contribution in [0.1, 0.15) is 12.0 Å². The predicted octanol–water partition coefficient (Wildman–Crippen LogP) is 1.89. The van der Waals surface area contributed by atoms with Gasteiger partial charge in [0.25, 0.3) is 0 Å². The summed E-state index contributed by atoms with van der Waals surface area (Å²) >= 11 is 0. The molecule has 1 fully saturated rings. The average Bonchev–Trinajstić information content (AvgIpc) is 3.05. The van der Waals surface area contributed by atoms with Crippen molar-refractivity contribution < 1.29 is 14.7 Å². The van der Waals surface area contributed by atoms with Gasteiger partial charge in [-0.15, -0.1) is 0 Å². The molecule has 2 heterocycles. The normalized spacial score (nSPS) is 17.4. The average molecular weight is 313 g/mol. The van der Waals surface area contributed by atoms with Gasteiger partial charge in [-0.05, 0) is 24.5 Å². The molecule has 0 spiro atoms. The number of aliphatic carboxylic acids is 1. The molecular formula is C17H19N3O3. The van der Waals surface area contributed by atoms with Crippen molar-refractivity contribution in [1.82, 2.24) is 15.2 Å². The van der Waals surface area contributed by atoms with Crippen molar-refractivity contribution in [2.75, 3.05) is 19.6 Å². The van der Waals surface area contributed by atoms with Crippen LogP contribution in [0.4, 0.5) is 4.79 Å². The predicted molar refractivity (Wildman–Crippen MR) is 86.2 cm³/mol. The van der Waals surface area contributed by atoms with E-state index in [0.29, 0.717) is 25.9 Å². The number of carbonyl (C=O) groups is 2. The summed E-state index contributed by atoms with van der Waals surface area (Å²) in [6.07, 6.45) is 2.98. The molecule has 1 aromatic carbocycles. The Kier molecular flexibility index (Phi) is 4.41. The van der Waals surface area contributed by atoms with Gasteiger partial charge in [0.05, 0.1) is 11.4 Å². The zero-order valence-corrected chi connectivity index (χ0v) is 12.7. The fraction of sp³-hybridized carbons (Fsp3) is 0.353. The first kappa shape index (κ1) is 15.3. The van der Waals surface area contributed by atoms with Gasteiger partial charge in [0.1, 0.15) is 0 Å². The van der Waals surface area contributed by atoms with Gasteiger partial charge in [-0.1, -0.05) is 24.3 Å². The van der Waals surface area contributed by atoms with Gasteiger partial charge in [-0.2, -0.15) is 0 Å². The number of pyridine rings is 1. The number of rotatable bonds is 4. The number of hydrogen-bond donors (Lipinski definition) is 2. The Bertz CT molecular complexity index is 727. The molecule has 120 valence electrons. The molecule has 0 radical (unpaired) electrons. The first-order chi connectivity index (χ1) is 11.1. The number of fused-ring (bicyclic) bond motifs is 1. The molecule has 1 aliphatic heterocycles. The van der Waals surface area contributed by atoms with Gasteiger partial charge in [0.15, 0.2) is 0 Å². The lowest BCUT2D eigenvalue weighted by Crippen LogP contribution is -2.39. The second-order valence-corrected chi connectivity index (χ2v) is 5.74. The van der Waals surface area contributed by atoms with E-state index in [1.165, 1.54) is 0 Å². The number of likely N-dealkylation sites (tertiary alicyclic amines) is 1. The molecule has 1 unspecified atom stereocenters. The number of hydrogen-bond acceptors (Lipinski definition) is 3. The smallest absolute Gasteiger partial charge is 0.317 e. The highest BCUT2D eigenvalue weighted by Crippen LogP contribution is 2.17. The number of amides is 2. The quantitative estimate of drug-likeness (QED) is 0.903. The molecule has 0 aliphatic carbocycles. The third-order valence-electron chi connectivity index (χ3n) is 4.21. The highest BCUT2D eigenvalue weighted by atomic mass is 16.4. The van der Waals surface area contributed by atoms with Crippen molar-refractivity contribution in [3.05, 3.63) is 42.1 Å². The summed E-state index contributed by atoms with van der Waals surface area (Å²) in [5.41, 5.74) is 2.05. The number of para-hydroxylation sites is 1. The largest absolute Gasteiger partial charge is 0.481 e. The maximum absolute atomic E-state index is 12.1. The summed E-state index contributed by atoms with van der Waals surface area (Å²) < 4.78 is 0. The minimum Gasteiger partial charge on any atom is -0.481 e. The second kappa shape index (κ2) is 6.64. The highest BCUT2D eigenvalue weighted by molar-refractivity contribution is 5.81. The van der Waals surface area contributed by atoms with Crippen LogP contribution in [0.2, 0.25) is 0 Å². The minimum absolute atomic E-state index is 0.193. The van der Waals surface area contributed by atoms with Crippen LogP contribution >= 0.6 is 0 Å². The van der Waals surface area contributed by atoms with Gasteiger partial charge in [-0.3, -0.25) is 9.78 Å². The third kappa shape index (κ3) is 3.41. The number of carbonyl (C=O) groups excluding carboxylic acids is 1. The molecule has 1 aromatic heterocycles. The zero-order valence-electron chi connectivity index (χ0n) is 12.7. The Morgan fingerprint density at radius 2 is 2.13 bits per heavy atom. The van der Waals surface area contributed by atoms with Crippen LogP contribution in [0.3, 0.4) is 0 Å². The van der Waals surface area contributed by atoms with Crippen LogP contribution < -0.4 is 5.32 Å². The van der Waals surface area contributed by atoms with E-state index >= 15 is 0 Å². The summed E-state index contributed by atoms with van der Waals surface area (Å²) in [4.78, 5) is 29.0. The lowest BCUT2D eigenvalue weighted by Gasteiger charge is -2.16. The third-order valence-corrected chi connectivity index (χ3v) is 4.21. The maximum atomic E-state index is 12.1. The van der Waals surface area contributed by atoms with Crippen molar-refractivity contribution in [3.63, 3.8) is 0 Å². The van der Waals surface area contributed by atoms with E-state index in [0.717, 1.165) is 16.5 Å². The van der Waals surface area contributed by atoms with Crippen LogP contribution in [0.25, 0.3) is 10.9 Å². The van der Waals surface area contributed by atoms with Crippen molar-refractivity contribution in [2.24, 2.45) is 5.92 Å². The lowest BCUT2D eigenvalue weighted by atomic mass is 10.1. The Balaban J connectivity index is 1.55. The Morgan fingerprint density at radius 3 is 2.91 bits per heavy atom. The number of urea groups is 1. The Hall–Kier alpha value is -2.63. The van der Waals surface area contributed by atoms with Crippen LogP contribution in [0.15, 0.2) is 36.5 Å². The van der Waals surface area contributed by atoms with Gasteiger partial charge in [0.2, 0.25) is 0 Å². The van der Waals surface area contributed by atoms with E-state index < -0.39 is 11.9 Å². The zero-order chi connectivity index (χ0) is 16.2. The highest BCUT2D eigenvalue weighted by Gasteiger charge is 2.30. The molecule has 0 bridgehead atoms. The molecular weight excluding hydrogens is 294 g/mol. The van der Waals surface area contributed by atoms with E-state index in [4.69, 9.17) is 5.11 Å². The minimum atomic E-state index is -0.831. The standard InChI is InChI=1S/C17H19N3O3/c21-16(22)14-7-10-20(11-14)17(23)19-9-6-13-4-1-3-12-5-2-8-18-15(12)13/h1-5,8,14H,6-7,9-11H2,(H,19,23)(H,21,22). The van der Waals surface area contributed by atoms with E-state index in [1.54, 1.807) is 11.1 Å². The summed E-state index contributed by atoms with van der Waals surface area (Å²) in [7, 11) is 0. The molecule has 1 aliphatic rings. The molecule has 6 nitrogen and oxygen atoms in total. The fourth-order valence-corrected chi connectivity index (χ4v) is 2.93. The first-order valence-corrected chi connectivity index (χ1v) is 7.73. The van der Waals surface area contributed by atoms with Gasteiger partial charge < -0.3 is 15.3 Å². The number of nitrogens with one attached hydrogen (secondary N) is 1. The van der Waals surface area contributed by atoms with Crippen LogP contribution in [-0.2, 0) is 11.2 Å². The molecule has 1 saturated heterocycles. The number of aromatic nitrogens is 1. The van der Waals surface area contributed by atoms with Crippen LogP contribution in [0, 0.1) is 5.92 Å². The molecule has 2 amide bonds. The molecule has 0 saturated carbocycles. The van der Waals surface area contributed by atoms with Gasteiger partial charge >= 0.3 is 12.0 Å². The van der Waals surface area contributed by atoms with Gasteiger partial charge in [0, 0.05) is 31.2 Å². The van der Waals surface area contributed by atoms with E-state index in [2.05, 4.69) is 10.3 Å². The molecule has 3 rings (SSSR count).